The first kappa shape index (κ1) is 20.8. The lowest BCUT2D eigenvalue weighted by Crippen LogP contribution is -2.40. The molecule has 0 aliphatic carbocycles. The van der Waals surface area contributed by atoms with Crippen LogP contribution in [0.5, 0.6) is 17.2 Å². The monoisotopic (exact) mass is 418 g/mol. The summed E-state index contributed by atoms with van der Waals surface area (Å²) in [6, 6.07) is 9.42. The van der Waals surface area contributed by atoms with E-state index in [2.05, 4.69) is 10.6 Å². The molecule has 154 valence electrons. The van der Waals surface area contributed by atoms with Crippen LogP contribution in [-0.4, -0.2) is 45.2 Å². The zero-order valence-corrected chi connectivity index (χ0v) is 17.3. The highest BCUT2D eigenvalue weighted by Crippen LogP contribution is 2.42. The summed E-state index contributed by atoms with van der Waals surface area (Å²) in [5, 5.41) is 5.71. The molecule has 1 heterocycles. The van der Waals surface area contributed by atoms with Gasteiger partial charge in [0.15, 0.2) is 0 Å². The van der Waals surface area contributed by atoms with E-state index in [0.717, 1.165) is 16.7 Å². The van der Waals surface area contributed by atoms with Gasteiger partial charge >= 0.3 is 0 Å². The second-order valence-corrected chi connectivity index (χ2v) is 7.08. The molecule has 1 atom stereocenters. The minimum atomic E-state index is -0.271. The van der Waals surface area contributed by atoms with Crippen LogP contribution < -0.4 is 24.8 Å². The first-order chi connectivity index (χ1) is 13.9. The number of hydrogen-bond acceptors (Lipinski definition) is 5. The Hall–Kier alpha value is -2.93. The van der Waals surface area contributed by atoms with E-state index >= 15 is 0 Å². The smallest absolute Gasteiger partial charge is 0.239 e. The van der Waals surface area contributed by atoms with Crippen molar-refractivity contribution in [2.75, 3.05) is 27.3 Å². The number of hydrogen-bond donors (Lipinski definition) is 2. The molecule has 0 spiro atoms. The van der Waals surface area contributed by atoms with Crippen LogP contribution in [0.15, 0.2) is 30.3 Å². The number of methoxy groups -OCH3 is 2. The van der Waals surface area contributed by atoms with E-state index in [4.69, 9.17) is 25.8 Å². The lowest BCUT2D eigenvalue weighted by atomic mass is 9.99. The third kappa shape index (κ3) is 4.92. The lowest BCUT2D eigenvalue weighted by molar-refractivity contribution is -0.125. The molecule has 0 saturated heterocycles. The summed E-state index contributed by atoms with van der Waals surface area (Å²) in [6.45, 7) is 1.62. The number of halogens is 1. The Morgan fingerprint density at radius 3 is 2.66 bits per heavy atom. The van der Waals surface area contributed by atoms with Gasteiger partial charge in [-0.25, -0.2) is 0 Å². The number of fused-ring (bicyclic) bond motifs is 1. The van der Waals surface area contributed by atoms with Crippen molar-refractivity contribution in [2.45, 2.75) is 19.4 Å². The molecule has 8 heteroatoms. The van der Waals surface area contributed by atoms with E-state index in [1.54, 1.807) is 14.2 Å². The fraction of sp³-hybridized carbons (Fsp3) is 0.333. The summed E-state index contributed by atoms with van der Waals surface area (Å²) in [4.78, 5) is 22.7. The van der Waals surface area contributed by atoms with Gasteiger partial charge in [0.2, 0.25) is 11.8 Å². The molecule has 1 aliphatic heterocycles. The predicted molar refractivity (Wildman–Crippen MR) is 110 cm³/mol. The molecular formula is C21H23ClN2O5. The van der Waals surface area contributed by atoms with Gasteiger partial charge in [-0.05, 0) is 35.9 Å². The van der Waals surface area contributed by atoms with Crippen LogP contribution >= 0.6 is 11.6 Å². The first-order valence-corrected chi connectivity index (χ1v) is 9.51. The molecule has 1 aliphatic rings. The van der Waals surface area contributed by atoms with E-state index in [0.29, 0.717) is 35.2 Å². The maximum absolute atomic E-state index is 11.8. The van der Waals surface area contributed by atoms with Crippen molar-refractivity contribution in [3.8, 4) is 28.4 Å². The van der Waals surface area contributed by atoms with Gasteiger partial charge in [-0.1, -0.05) is 11.6 Å². The maximum Gasteiger partial charge on any atom is 0.239 e. The first-order valence-electron chi connectivity index (χ1n) is 9.14. The molecule has 7 nitrogen and oxygen atoms in total. The molecule has 0 radical (unpaired) electrons. The summed E-state index contributed by atoms with van der Waals surface area (Å²) < 4.78 is 16.7. The third-order valence-corrected chi connectivity index (χ3v) is 4.88. The van der Waals surface area contributed by atoms with Crippen LogP contribution in [0, 0.1) is 0 Å². The van der Waals surface area contributed by atoms with E-state index in [-0.39, 0.29) is 24.5 Å². The number of rotatable bonds is 7. The second-order valence-electron chi connectivity index (χ2n) is 6.67. The fourth-order valence-corrected chi connectivity index (χ4v) is 3.47. The molecule has 2 aromatic carbocycles. The fourth-order valence-electron chi connectivity index (χ4n) is 3.19. The number of carbonyl (C=O) groups excluding carboxylic acids is 2. The van der Waals surface area contributed by atoms with Crippen molar-refractivity contribution >= 4 is 23.4 Å². The number of benzene rings is 2. The average Bonchev–Trinajstić information content (AvgIpc) is 3.13. The Morgan fingerprint density at radius 1 is 1.17 bits per heavy atom. The van der Waals surface area contributed by atoms with Gasteiger partial charge < -0.3 is 24.8 Å². The second kappa shape index (κ2) is 9.05. The molecule has 2 amide bonds. The third-order valence-electron chi connectivity index (χ3n) is 4.60. The zero-order chi connectivity index (χ0) is 21.0. The maximum atomic E-state index is 11.8. The van der Waals surface area contributed by atoms with Crippen molar-refractivity contribution < 1.29 is 23.8 Å². The van der Waals surface area contributed by atoms with Crippen LogP contribution in [0.25, 0.3) is 11.1 Å². The van der Waals surface area contributed by atoms with E-state index in [9.17, 15) is 9.59 Å². The summed E-state index contributed by atoms with van der Waals surface area (Å²) in [7, 11) is 3.23. The van der Waals surface area contributed by atoms with Crippen molar-refractivity contribution in [2.24, 2.45) is 0 Å². The molecule has 3 rings (SSSR count). The highest BCUT2D eigenvalue weighted by molar-refractivity contribution is 6.32. The summed E-state index contributed by atoms with van der Waals surface area (Å²) in [5.74, 6) is 1.53. The van der Waals surface area contributed by atoms with Gasteiger partial charge in [-0.15, -0.1) is 0 Å². The van der Waals surface area contributed by atoms with Crippen molar-refractivity contribution in [3.05, 3.63) is 40.9 Å². The number of ether oxygens (including phenoxy) is 3. The van der Waals surface area contributed by atoms with Crippen LogP contribution in [0.1, 0.15) is 12.5 Å². The quantitative estimate of drug-likeness (QED) is 0.721. The predicted octanol–water partition coefficient (Wildman–Crippen LogP) is 2.58. The highest BCUT2D eigenvalue weighted by Gasteiger charge is 2.27. The molecule has 0 aromatic heterocycles. The number of amides is 2. The van der Waals surface area contributed by atoms with Gasteiger partial charge in [0, 0.05) is 24.5 Å². The van der Waals surface area contributed by atoms with E-state index < -0.39 is 0 Å². The van der Waals surface area contributed by atoms with Crippen molar-refractivity contribution in [1.82, 2.24) is 10.6 Å². The van der Waals surface area contributed by atoms with Gasteiger partial charge in [0.05, 0.1) is 32.3 Å². The van der Waals surface area contributed by atoms with E-state index in [1.165, 1.54) is 6.92 Å². The molecular weight excluding hydrogens is 396 g/mol. The van der Waals surface area contributed by atoms with Crippen molar-refractivity contribution in [1.29, 1.82) is 0 Å². The number of nitrogens with one attached hydrogen (secondary N) is 2. The minimum Gasteiger partial charge on any atom is -0.497 e. The van der Waals surface area contributed by atoms with Gasteiger partial charge in [-0.2, -0.15) is 0 Å². The largest absolute Gasteiger partial charge is 0.497 e. The summed E-state index contributed by atoms with van der Waals surface area (Å²) in [6.07, 6.45) is 0.376. The molecule has 0 bridgehead atoms. The molecule has 0 fully saturated rings. The number of carbonyl (C=O) groups is 2. The van der Waals surface area contributed by atoms with E-state index in [1.807, 2.05) is 30.3 Å². The Labute approximate surface area is 174 Å². The highest BCUT2D eigenvalue weighted by atomic mass is 35.5. The Bertz CT molecular complexity index is 932. The molecule has 0 saturated carbocycles. The van der Waals surface area contributed by atoms with Crippen LogP contribution in [0.2, 0.25) is 5.02 Å². The summed E-state index contributed by atoms with van der Waals surface area (Å²) in [5.41, 5.74) is 2.71. The Kier molecular flexibility index (Phi) is 6.49. The molecule has 29 heavy (non-hydrogen) atoms. The topological polar surface area (TPSA) is 85.9 Å². The van der Waals surface area contributed by atoms with Gasteiger partial charge in [-0.3, -0.25) is 9.59 Å². The van der Waals surface area contributed by atoms with Crippen LogP contribution in [-0.2, 0) is 16.0 Å². The Morgan fingerprint density at radius 2 is 1.97 bits per heavy atom. The molecule has 0 unspecified atom stereocenters. The Balaban J connectivity index is 1.74. The average molecular weight is 419 g/mol. The molecule has 2 N–H and O–H groups in total. The van der Waals surface area contributed by atoms with Gasteiger partial charge in [0.1, 0.15) is 23.4 Å². The van der Waals surface area contributed by atoms with Crippen molar-refractivity contribution in [3.63, 3.8) is 0 Å². The van der Waals surface area contributed by atoms with Gasteiger partial charge in [0.25, 0.3) is 0 Å². The SMILES string of the molecule is COc1ccc(OC)c(-c2cc(Cl)c3c(c2)C[C@@H](CNC(=O)CNC(C)=O)O3)c1. The normalized spacial score (nSPS) is 14.6. The van der Waals surface area contributed by atoms with Crippen LogP contribution in [0.3, 0.4) is 0 Å². The minimum absolute atomic E-state index is 0.0600. The lowest BCUT2D eigenvalue weighted by Gasteiger charge is -2.13. The van der Waals surface area contributed by atoms with Crippen LogP contribution in [0.4, 0.5) is 0 Å². The standard InChI is InChI=1S/C21H23ClN2O5/c1-12(25)23-11-20(26)24-10-16-7-14-6-13(8-18(22)21(14)29-16)17-9-15(27-2)4-5-19(17)28-3/h4-6,8-9,16H,7,10-11H2,1-3H3,(H,23,25)(H,24,26)/t16-/m0/s1. The zero-order valence-electron chi connectivity index (χ0n) is 16.5. The molecule has 2 aromatic rings. The summed E-state index contributed by atoms with van der Waals surface area (Å²) >= 11 is 6.47.